The van der Waals surface area contributed by atoms with Crippen LogP contribution in [0.25, 0.3) is 0 Å². The molecular weight excluding hydrogens is 386 g/mol. The maximum atomic E-state index is 6.33. The second-order valence-corrected chi connectivity index (χ2v) is 10.6. The van der Waals surface area contributed by atoms with E-state index >= 15 is 0 Å². The molecule has 32 heavy (non-hydrogen) atoms. The van der Waals surface area contributed by atoms with Crippen LogP contribution >= 0.6 is 0 Å². The first kappa shape index (κ1) is 31.4. The molecule has 2 N–H and O–H groups in total. The molecule has 0 aromatic heterocycles. The van der Waals surface area contributed by atoms with Crippen molar-refractivity contribution in [3.63, 3.8) is 0 Å². The van der Waals surface area contributed by atoms with Crippen LogP contribution in [0.5, 0.6) is 0 Å². The Morgan fingerprint density at radius 1 is 0.500 bits per heavy atom. The number of hydrogen-bond donors (Lipinski definition) is 1. The molecule has 0 aliphatic rings. The summed E-state index contributed by atoms with van der Waals surface area (Å²) in [5.41, 5.74) is 6.33. The van der Waals surface area contributed by atoms with Crippen molar-refractivity contribution in [3.8, 4) is 0 Å². The average molecular weight is 448 g/mol. The van der Waals surface area contributed by atoms with E-state index in [4.69, 9.17) is 5.73 Å². The minimum Gasteiger partial charge on any atom is -0.328 e. The lowest BCUT2D eigenvalue weighted by atomic mass is 10.00. The quantitative estimate of drug-likeness (QED) is 0.109. The summed E-state index contributed by atoms with van der Waals surface area (Å²) in [4.78, 5) is 0. The summed E-state index contributed by atoms with van der Waals surface area (Å²) >= 11 is 0. The highest BCUT2D eigenvalue weighted by atomic mass is 14.6. The zero-order chi connectivity index (χ0) is 23.5. The van der Waals surface area contributed by atoms with Gasteiger partial charge in [-0.1, -0.05) is 141 Å². The molecule has 0 amide bonds. The second-order valence-electron chi connectivity index (χ2n) is 10.6. The summed E-state index contributed by atoms with van der Waals surface area (Å²) in [6.45, 7) is 6.93. The highest BCUT2D eigenvalue weighted by Crippen LogP contribution is 2.15. The van der Waals surface area contributed by atoms with Gasteiger partial charge in [-0.05, 0) is 50.9 Å². The molecule has 1 heteroatoms. The Morgan fingerprint density at radius 2 is 0.906 bits per heavy atom. The van der Waals surface area contributed by atoms with Crippen LogP contribution in [0.4, 0.5) is 0 Å². The molecule has 0 rings (SSSR count). The van der Waals surface area contributed by atoms with E-state index < -0.39 is 0 Å². The first-order valence-electron chi connectivity index (χ1n) is 14.7. The summed E-state index contributed by atoms with van der Waals surface area (Å²) in [7, 11) is 0. The van der Waals surface area contributed by atoms with Gasteiger partial charge in [0.1, 0.15) is 0 Å². The Kier molecular flexibility index (Phi) is 26.2. The van der Waals surface area contributed by atoms with Crippen LogP contribution in [0.15, 0.2) is 24.3 Å². The van der Waals surface area contributed by atoms with Gasteiger partial charge in [0.25, 0.3) is 0 Å². The Labute approximate surface area is 204 Å². The topological polar surface area (TPSA) is 26.0 Å². The van der Waals surface area contributed by atoms with Gasteiger partial charge in [0.2, 0.25) is 0 Å². The van der Waals surface area contributed by atoms with Gasteiger partial charge in [-0.25, -0.2) is 0 Å². The third kappa shape index (κ3) is 27.5. The van der Waals surface area contributed by atoms with E-state index in [0.29, 0.717) is 6.04 Å². The van der Waals surface area contributed by atoms with Crippen molar-refractivity contribution < 1.29 is 0 Å². The van der Waals surface area contributed by atoms with Crippen molar-refractivity contribution in [1.29, 1.82) is 0 Å². The molecule has 1 atom stereocenters. The molecule has 0 aliphatic carbocycles. The number of rotatable bonds is 25. The van der Waals surface area contributed by atoms with Crippen LogP contribution in [0, 0.1) is 5.92 Å². The number of allylic oxidation sites excluding steroid dienone is 4. The van der Waals surface area contributed by atoms with E-state index in [1.54, 1.807) is 0 Å². The van der Waals surface area contributed by atoms with Gasteiger partial charge < -0.3 is 5.73 Å². The molecule has 0 aromatic rings. The second kappa shape index (κ2) is 26.7. The number of unbranched alkanes of at least 4 members (excludes halogenated alkanes) is 15. The van der Waals surface area contributed by atoms with Gasteiger partial charge in [-0.3, -0.25) is 0 Å². The fraction of sp³-hybridized carbons (Fsp3) is 0.871. The zero-order valence-electron chi connectivity index (χ0n) is 22.6. The molecule has 0 fully saturated rings. The maximum Gasteiger partial charge on any atom is 0.00388 e. The van der Waals surface area contributed by atoms with E-state index in [-0.39, 0.29) is 0 Å². The van der Waals surface area contributed by atoms with Gasteiger partial charge in [0.15, 0.2) is 0 Å². The highest BCUT2D eigenvalue weighted by Gasteiger charge is 2.02. The monoisotopic (exact) mass is 447 g/mol. The molecule has 0 saturated heterocycles. The molecule has 0 spiro atoms. The van der Waals surface area contributed by atoms with E-state index in [1.807, 2.05) is 0 Å². The van der Waals surface area contributed by atoms with Crippen molar-refractivity contribution in [3.05, 3.63) is 24.3 Å². The zero-order valence-corrected chi connectivity index (χ0v) is 22.6. The van der Waals surface area contributed by atoms with Crippen molar-refractivity contribution >= 4 is 0 Å². The third-order valence-corrected chi connectivity index (χ3v) is 6.63. The lowest BCUT2D eigenvalue weighted by Gasteiger charge is -2.11. The van der Waals surface area contributed by atoms with Crippen LogP contribution in [-0.2, 0) is 0 Å². The van der Waals surface area contributed by atoms with E-state index in [1.165, 1.54) is 135 Å². The Hall–Kier alpha value is -0.560. The average Bonchev–Trinajstić information content (AvgIpc) is 2.77. The van der Waals surface area contributed by atoms with Crippen molar-refractivity contribution in [2.45, 2.75) is 168 Å². The van der Waals surface area contributed by atoms with Crippen LogP contribution < -0.4 is 5.73 Å². The van der Waals surface area contributed by atoms with Gasteiger partial charge in [-0.2, -0.15) is 0 Å². The fourth-order valence-corrected chi connectivity index (χ4v) is 4.38. The SMILES string of the molecule is CCCCCC=CCC=CCCCCCCCCCC(N)CCCCCCCCC(C)C. The molecule has 0 aliphatic heterocycles. The van der Waals surface area contributed by atoms with Crippen LogP contribution in [0.2, 0.25) is 0 Å². The summed E-state index contributed by atoms with van der Waals surface area (Å²) in [6.07, 6.45) is 39.1. The Bertz CT molecular complexity index is 395. The van der Waals surface area contributed by atoms with Crippen molar-refractivity contribution in [2.24, 2.45) is 11.7 Å². The lowest BCUT2D eigenvalue weighted by Crippen LogP contribution is -2.19. The molecule has 0 heterocycles. The standard InChI is InChI=1S/C31H61N/c1-4-5-6-7-8-9-10-11-12-13-14-15-16-17-18-22-25-28-31(32)29-26-23-20-19-21-24-27-30(2)3/h8-9,11-12,30-31H,4-7,10,13-29,32H2,1-3H3. The molecule has 0 saturated carbocycles. The van der Waals surface area contributed by atoms with Crippen molar-refractivity contribution in [2.75, 3.05) is 0 Å². The largest absolute Gasteiger partial charge is 0.328 e. The maximum absolute atomic E-state index is 6.33. The van der Waals surface area contributed by atoms with E-state index in [9.17, 15) is 0 Å². The predicted octanol–water partition coefficient (Wildman–Crippen LogP) is 10.7. The fourth-order valence-electron chi connectivity index (χ4n) is 4.38. The van der Waals surface area contributed by atoms with Crippen LogP contribution in [0.3, 0.4) is 0 Å². The van der Waals surface area contributed by atoms with Gasteiger partial charge in [0.05, 0.1) is 0 Å². The molecule has 1 unspecified atom stereocenters. The molecule has 190 valence electrons. The Morgan fingerprint density at radius 3 is 1.38 bits per heavy atom. The summed E-state index contributed by atoms with van der Waals surface area (Å²) in [5, 5.41) is 0. The summed E-state index contributed by atoms with van der Waals surface area (Å²) in [6, 6.07) is 0.453. The number of nitrogens with two attached hydrogens (primary N) is 1. The summed E-state index contributed by atoms with van der Waals surface area (Å²) in [5.74, 6) is 0.873. The van der Waals surface area contributed by atoms with Gasteiger partial charge in [-0.15, -0.1) is 0 Å². The van der Waals surface area contributed by atoms with Crippen LogP contribution in [-0.4, -0.2) is 6.04 Å². The molecule has 0 bridgehead atoms. The molecular formula is C31H61N. The van der Waals surface area contributed by atoms with Crippen molar-refractivity contribution in [1.82, 2.24) is 0 Å². The lowest BCUT2D eigenvalue weighted by molar-refractivity contribution is 0.474. The first-order valence-corrected chi connectivity index (χ1v) is 14.7. The summed E-state index contributed by atoms with van der Waals surface area (Å²) < 4.78 is 0. The first-order chi connectivity index (χ1) is 15.7. The smallest absolute Gasteiger partial charge is 0.00388 e. The highest BCUT2D eigenvalue weighted by molar-refractivity contribution is 4.92. The Balaban J connectivity index is 3.23. The molecule has 0 aromatic carbocycles. The van der Waals surface area contributed by atoms with Gasteiger partial charge in [0, 0.05) is 6.04 Å². The normalized spacial score (nSPS) is 13.2. The number of hydrogen-bond acceptors (Lipinski definition) is 1. The van der Waals surface area contributed by atoms with Gasteiger partial charge >= 0.3 is 0 Å². The minimum atomic E-state index is 0.453. The molecule has 0 radical (unpaired) electrons. The third-order valence-electron chi connectivity index (χ3n) is 6.63. The van der Waals surface area contributed by atoms with Crippen LogP contribution in [0.1, 0.15) is 162 Å². The molecule has 1 nitrogen and oxygen atoms in total. The minimum absolute atomic E-state index is 0.453. The van der Waals surface area contributed by atoms with E-state index in [0.717, 1.165) is 12.3 Å². The van der Waals surface area contributed by atoms with E-state index in [2.05, 4.69) is 45.1 Å². The predicted molar refractivity (Wildman–Crippen MR) is 148 cm³/mol.